The highest BCUT2D eigenvalue weighted by atomic mass is 16.3. The minimum atomic E-state index is 0.344. The molecule has 1 heteroatoms. The highest BCUT2D eigenvalue weighted by molar-refractivity contribution is 6.29. The maximum atomic E-state index is 10.7. The van der Waals surface area contributed by atoms with Gasteiger partial charge in [0, 0.05) is 10.8 Å². The molecule has 0 radical (unpaired) electrons. The first kappa shape index (κ1) is 17.2. The van der Waals surface area contributed by atoms with Gasteiger partial charge in [-0.05, 0) is 71.1 Å². The van der Waals surface area contributed by atoms with Crippen molar-refractivity contribution >= 4 is 64.6 Å². The highest BCUT2D eigenvalue weighted by Gasteiger charge is 2.17. The monoisotopic (exact) mass is 418 g/mol. The zero-order valence-corrected chi connectivity index (χ0v) is 17.8. The number of hydrogen-bond acceptors (Lipinski definition) is 1. The summed E-state index contributed by atoms with van der Waals surface area (Å²) in [6.07, 6.45) is 0. The topological polar surface area (TPSA) is 20.2 Å². The van der Waals surface area contributed by atoms with E-state index in [2.05, 4.69) is 84.9 Å². The summed E-state index contributed by atoms with van der Waals surface area (Å²) in [6, 6.07) is 36.9. The predicted octanol–water partition coefficient (Wildman–Crippen LogP) is 8.85. The summed E-state index contributed by atoms with van der Waals surface area (Å²) in [4.78, 5) is 0. The average molecular weight is 418 g/mol. The smallest absolute Gasteiger partial charge is 0.124 e. The standard InChI is InChI=1S/C32H18O/c33-28-17-22-12-14-24(26-16-11-20-5-2-6-27(28)31(20)32(22)26)23-13-9-21-8-7-18-3-1-4-19-10-15-25(23)30(21)29(18)19/h1-17,33H. The van der Waals surface area contributed by atoms with Gasteiger partial charge >= 0.3 is 0 Å². The van der Waals surface area contributed by atoms with Crippen LogP contribution < -0.4 is 0 Å². The number of phenols is 1. The van der Waals surface area contributed by atoms with Gasteiger partial charge in [-0.15, -0.1) is 0 Å². The maximum absolute atomic E-state index is 10.7. The normalized spacial score (nSPS) is 12.4. The summed E-state index contributed by atoms with van der Waals surface area (Å²) in [5.41, 5.74) is 2.49. The van der Waals surface area contributed by atoms with Crippen LogP contribution in [0, 0.1) is 0 Å². The lowest BCUT2D eigenvalue weighted by atomic mass is 9.86. The van der Waals surface area contributed by atoms with E-state index in [0.717, 1.165) is 21.5 Å². The van der Waals surface area contributed by atoms with Crippen molar-refractivity contribution in [2.24, 2.45) is 0 Å². The molecule has 0 amide bonds. The second kappa shape index (κ2) is 5.90. The van der Waals surface area contributed by atoms with E-state index in [1.54, 1.807) is 0 Å². The lowest BCUT2D eigenvalue weighted by Gasteiger charge is -2.18. The van der Waals surface area contributed by atoms with E-state index in [9.17, 15) is 5.11 Å². The third-order valence-electron chi connectivity index (χ3n) is 7.44. The third-order valence-corrected chi connectivity index (χ3v) is 7.44. The second-order valence-electron chi connectivity index (χ2n) is 9.09. The minimum absolute atomic E-state index is 0.344. The fraction of sp³-hybridized carbons (Fsp3) is 0. The first-order valence-electron chi connectivity index (χ1n) is 11.3. The molecular formula is C32H18O. The first-order chi connectivity index (χ1) is 16.3. The molecule has 0 unspecified atom stereocenters. The molecule has 0 fully saturated rings. The molecule has 0 bridgehead atoms. The summed E-state index contributed by atoms with van der Waals surface area (Å²) >= 11 is 0. The Hall–Kier alpha value is -4.36. The molecule has 152 valence electrons. The van der Waals surface area contributed by atoms with Gasteiger partial charge in [0.05, 0.1) is 0 Å². The predicted molar refractivity (Wildman–Crippen MR) is 141 cm³/mol. The number of rotatable bonds is 1. The summed E-state index contributed by atoms with van der Waals surface area (Å²) in [6.45, 7) is 0. The van der Waals surface area contributed by atoms with Crippen LogP contribution in [0.5, 0.6) is 5.75 Å². The van der Waals surface area contributed by atoms with E-state index in [4.69, 9.17) is 0 Å². The Bertz CT molecular complexity index is 2010. The maximum Gasteiger partial charge on any atom is 0.124 e. The van der Waals surface area contributed by atoms with Crippen molar-refractivity contribution in [3.05, 3.63) is 103 Å². The lowest BCUT2D eigenvalue weighted by molar-refractivity contribution is 0.482. The molecule has 0 aromatic heterocycles. The Morgan fingerprint density at radius 2 is 0.818 bits per heavy atom. The quantitative estimate of drug-likeness (QED) is 0.264. The molecule has 8 aromatic carbocycles. The summed E-state index contributed by atoms with van der Waals surface area (Å²) in [5, 5.41) is 25.2. The van der Waals surface area contributed by atoms with Crippen LogP contribution in [0.25, 0.3) is 75.8 Å². The van der Waals surface area contributed by atoms with Crippen molar-refractivity contribution in [3.8, 4) is 16.9 Å². The second-order valence-corrected chi connectivity index (χ2v) is 9.09. The summed E-state index contributed by atoms with van der Waals surface area (Å²) < 4.78 is 0. The third kappa shape index (κ3) is 2.12. The van der Waals surface area contributed by atoms with E-state index in [0.29, 0.717) is 5.75 Å². The van der Waals surface area contributed by atoms with Gasteiger partial charge in [-0.1, -0.05) is 97.1 Å². The Morgan fingerprint density at radius 1 is 0.364 bits per heavy atom. The van der Waals surface area contributed by atoms with Crippen molar-refractivity contribution in [1.29, 1.82) is 0 Å². The van der Waals surface area contributed by atoms with Crippen LogP contribution in [0.15, 0.2) is 103 Å². The lowest BCUT2D eigenvalue weighted by Crippen LogP contribution is -1.90. The zero-order valence-electron chi connectivity index (χ0n) is 17.8. The molecule has 1 N–H and O–H groups in total. The van der Waals surface area contributed by atoms with Crippen molar-refractivity contribution in [2.75, 3.05) is 0 Å². The minimum Gasteiger partial charge on any atom is -0.507 e. The molecular weight excluding hydrogens is 400 g/mol. The molecule has 0 saturated heterocycles. The van der Waals surface area contributed by atoms with E-state index < -0.39 is 0 Å². The Labute approximate surface area is 189 Å². The van der Waals surface area contributed by atoms with Gasteiger partial charge in [0.25, 0.3) is 0 Å². The van der Waals surface area contributed by atoms with Gasteiger partial charge in [0.15, 0.2) is 0 Å². The Kier molecular flexibility index (Phi) is 3.08. The molecule has 0 spiro atoms. The average Bonchev–Trinajstić information content (AvgIpc) is 2.86. The van der Waals surface area contributed by atoms with Crippen molar-refractivity contribution < 1.29 is 5.11 Å². The van der Waals surface area contributed by atoms with Crippen LogP contribution in [0.1, 0.15) is 0 Å². The first-order valence-corrected chi connectivity index (χ1v) is 11.3. The van der Waals surface area contributed by atoms with E-state index in [-0.39, 0.29) is 0 Å². The van der Waals surface area contributed by atoms with Crippen molar-refractivity contribution in [1.82, 2.24) is 0 Å². The van der Waals surface area contributed by atoms with Gasteiger partial charge in [-0.25, -0.2) is 0 Å². The van der Waals surface area contributed by atoms with Crippen LogP contribution in [0.4, 0.5) is 0 Å². The molecule has 8 rings (SSSR count). The largest absolute Gasteiger partial charge is 0.507 e. The number of phenolic OH excluding ortho intramolecular Hbond substituents is 1. The molecule has 0 atom stereocenters. The summed E-state index contributed by atoms with van der Waals surface area (Å²) in [5.74, 6) is 0.344. The van der Waals surface area contributed by atoms with Crippen LogP contribution in [-0.4, -0.2) is 5.11 Å². The molecule has 0 heterocycles. The van der Waals surface area contributed by atoms with Gasteiger partial charge in [-0.2, -0.15) is 0 Å². The molecule has 33 heavy (non-hydrogen) atoms. The fourth-order valence-corrected chi connectivity index (χ4v) is 6.01. The Balaban J connectivity index is 1.56. The van der Waals surface area contributed by atoms with Crippen molar-refractivity contribution in [3.63, 3.8) is 0 Å². The van der Waals surface area contributed by atoms with Crippen LogP contribution in [-0.2, 0) is 0 Å². The van der Waals surface area contributed by atoms with Gasteiger partial charge < -0.3 is 5.11 Å². The number of benzene rings is 8. The van der Waals surface area contributed by atoms with E-state index in [1.165, 1.54) is 54.2 Å². The molecule has 0 aliphatic heterocycles. The number of hydrogen-bond donors (Lipinski definition) is 1. The molecule has 0 aliphatic carbocycles. The van der Waals surface area contributed by atoms with Crippen molar-refractivity contribution in [2.45, 2.75) is 0 Å². The van der Waals surface area contributed by atoms with E-state index >= 15 is 0 Å². The van der Waals surface area contributed by atoms with Crippen LogP contribution in [0.2, 0.25) is 0 Å². The zero-order chi connectivity index (χ0) is 21.7. The molecule has 0 aliphatic rings. The SMILES string of the molecule is Oc1cc2ccc(-c3ccc4ccc5cccc6ccc3c4c56)c3ccc4cccc1c4c23. The van der Waals surface area contributed by atoms with Gasteiger partial charge in [0.1, 0.15) is 5.75 Å². The molecule has 8 aromatic rings. The van der Waals surface area contributed by atoms with Gasteiger partial charge in [-0.3, -0.25) is 0 Å². The summed E-state index contributed by atoms with van der Waals surface area (Å²) in [7, 11) is 0. The molecule has 1 nitrogen and oxygen atoms in total. The van der Waals surface area contributed by atoms with Crippen LogP contribution in [0.3, 0.4) is 0 Å². The Morgan fingerprint density at radius 3 is 1.52 bits per heavy atom. The van der Waals surface area contributed by atoms with Crippen LogP contribution >= 0.6 is 0 Å². The molecule has 0 saturated carbocycles. The fourth-order valence-electron chi connectivity index (χ4n) is 6.01. The number of aromatic hydroxyl groups is 1. The van der Waals surface area contributed by atoms with E-state index in [1.807, 2.05) is 18.2 Å². The highest BCUT2D eigenvalue weighted by Crippen LogP contribution is 2.45. The van der Waals surface area contributed by atoms with Gasteiger partial charge in [0.2, 0.25) is 0 Å².